The number of methoxy groups -OCH3 is 1. The lowest BCUT2D eigenvalue weighted by molar-refractivity contribution is -0.384. The molecule has 94 valence electrons. The van der Waals surface area contributed by atoms with Crippen LogP contribution in [-0.2, 0) is 4.74 Å². The monoisotopic (exact) mass is 259 g/mol. The Morgan fingerprint density at radius 1 is 1.65 bits per heavy atom. The molecule has 1 N–H and O–H groups in total. The van der Waals surface area contributed by atoms with Crippen LogP contribution in [-0.4, -0.2) is 29.2 Å². The summed E-state index contributed by atoms with van der Waals surface area (Å²) in [6.45, 7) is 4.11. The van der Waals surface area contributed by atoms with Crippen molar-refractivity contribution in [1.82, 2.24) is 4.98 Å². The molecule has 0 aliphatic rings. The van der Waals surface area contributed by atoms with Gasteiger partial charge in [-0.25, -0.2) is 4.98 Å². The van der Waals surface area contributed by atoms with Crippen molar-refractivity contribution in [3.63, 3.8) is 0 Å². The van der Waals surface area contributed by atoms with Crippen LogP contribution < -0.4 is 5.32 Å². The summed E-state index contributed by atoms with van der Waals surface area (Å²) in [5, 5.41) is 14.0. The van der Waals surface area contributed by atoms with E-state index in [4.69, 9.17) is 16.3 Å². The van der Waals surface area contributed by atoms with E-state index in [1.54, 1.807) is 7.11 Å². The van der Waals surface area contributed by atoms with Crippen LogP contribution in [0.3, 0.4) is 0 Å². The van der Waals surface area contributed by atoms with E-state index < -0.39 is 10.5 Å². The summed E-state index contributed by atoms with van der Waals surface area (Å²) in [5.74, 6) is 0.182. The lowest BCUT2D eigenvalue weighted by Gasteiger charge is -2.25. The molecule has 6 nitrogen and oxygen atoms in total. The number of halogens is 1. The van der Waals surface area contributed by atoms with E-state index in [0.717, 1.165) is 0 Å². The van der Waals surface area contributed by atoms with Crippen molar-refractivity contribution in [1.29, 1.82) is 0 Å². The molecule has 0 saturated carbocycles. The molecule has 0 saturated heterocycles. The second-order valence-electron chi connectivity index (χ2n) is 4.22. The van der Waals surface area contributed by atoms with Gasteiger partial charge < -0.3 is 10.1 Å². The SMILES string of the molecule is COCC(C)(C)Nc1ncc(Cl)cc1[N+](=O)[O-]. The van der Waals surface area contributed by atoms with Crippen molar-refractivity contribution >= 4 is 23.1 Å². The van der Waals surface area contributed by atoms with Gasteiger partial charge in [0.1, 0.15) is 0 Å². The molecule has 17 heavy (non-hydrogen) atoms. The highest BCUT2D eigenvalue weighted by Crippen LogP contribution is 2.27. The third-order valence-electron chi connectivity index (χ3n) is 1.99. The molecule has 0 radical (unpaired) electrons. The van der Waals surface area contributed by atoms with E-state index >= 15 is 0 Å². The van der Waals surface area contributed by atoms with Crippen molar-refractivity contribution in [2.24, 2.45) is 0 Å². The highest BCUT2D eigenvalue weighted by molar-refractivity contribution is 6.30. The summed E-state index contributed by atoms with van der Waals surface area (Å²) in [6, 6.07) is 1.26. The Balaban J connectivity index is 3.02. The van der Waals surface area contributed by atoms with Crippen LogP contribution in [0.4, 0.5) is 11.5 Å². The van der Waals surface area contributed by atoms with E-state index in [9.17, 15) is 10.1 Å². The summed E-state index contributed by atoms with van der Waals surface area (Å²) in [6.07, 6.45) is 1.36. The Hall–Kier alpha value is -1.40. The van der Waals surface area contributed by atoms with Crippen LogP contribution in [0.15, 0.2) is 12.3 Å². The van der Waals surface area contributed by atoms with Crippen LogP contribution in [0.25, 0.3) is 0 Å². The van der Waals surface area contributed by atoms with Crippen molar-refractivity contribution < 1.29 is 9.66 Å². The molecule has 0 spiro atoms. The quantitative estimate of drug-likeness (QED) is 0.649. The number of nitrogens with one attached hydrogen (secondary N) is 1. The van der Waals surface area contributed by atoms with Crippen LogP contribution in [0, 0.1) is 10.1 Å². The molecule has 0 aliphatic heterocycles. The van der Waals surface area contributed by atoms with Gasteiger partial charge in [-0.3, -0.25) is 10.1 Å². The Labute approximate surface area is 104 Å². The molecule has 0 unspecified atom stereocenters. The number of pyridine rings is 1. The smallest absolute Gasteiger partial charge is 0.312 e. The lowest BCUT2D eigenvalue weighted by Crippen LogP contribution is -2.36. The Morgan fingerprint density at radius 3 is 2.82 bits per heavy atom. The molecule has 0 atom stereocenters. The Kier molecular flexibility index (Phi) is 4.25. The molecular weight excluding hydrogens is 246 g/mol. The first kappa shape index (κ1) is 13.7. The predicted octanol–water partition coefficient (Wildman–Crippen LogP) is 2.48. The van der Waals surface area contributed by atoms with Crippen LogP contribution in [0.1, 0.15) is 13.8 Å². The highest BCUT2D eigenvalue weighted by atomic mass is 35.5. The van der Waals surface area contributed by atoms with Crippen LogP contribution in [0.5, 0.6) is 0 Å². The second kappa shape index (κ2) is 5.29. The van der Waals surface area contributed by atoms with Crippen molar-refractivity contribution in [3.8, 4) is 0 Å². The third kappa shape index (κ3) is 3.83. The van der Waals surface area contributed by atoms with Gasteiger partial charge in [0, 0.05) is 19.4 Å². The van der Waals surface area contributed by atoms with Gasteiger partial charge in [-0.05, 0) is 13.8 Å². The van der Waals surface area contributed by atoms with E-state index in [2.05, 4.69) is 10.3 Å². The molecule has 1 aromatic heterocycles. The van der Waals surface area contributed by atoms with Crippen LogP contribution >= 0.6 is 11.6 Å². The van der Waals surface area contributed by atoms with Gasteiger partial charge in [-0.15, -0.1) is 0 Å². The number of anilines is 1. The molecule has 0 aromatic carbocycles. The van der Waals surface area contributed by atoms with Crippen molar-refractivity contribution in [2.45, 2.75) is 19.4 Å². The van der Waals surface area contributed by atoms with Crippen LogP contribution in [0.2, 0.25) is 5.02 Å². The standard InChI is InChI=1S/C10H14ClN3O3/c1-10(2,6-17-3)13-9-8(14(15)16)4-7(11)5-12-9/h4-5H,6H2,1-3H3,(H,12,13). The molecule has 1 rings (SSSR count). The Morgan fingerprint density at radius 2 is 2.29 bits per heavy atom. The van der Waals surface area contributed by atoms with Gasteiger partial charge in [-0.1, -0.05) is 11.6 Å². The summed E-state index contributed by atoms with van der Waals surface area (Å²) < 4.78 is 5.02. The fraction of sp³-hybridized carbons (Fsp3) is 0.500. The molecule has 0 fully saturated rings. The summed E-state index contributed by atoms with van der Waals surface area (Å²) in [7, 11) is 1.56. The second-order valence-corrected chi connectivity index (χ2v) is 4.66. The normalized spacial score (nSPS) is 11.3. The maximum atomic E-state index is 10.9. The third-order valence-corrected chi connectivity index (χ3v) is 2.20. The average Bonchev–Trinajstić information content (AvgIpc) is 2.20. The van der Waals surface area contributed by atoms with E-state index in [1.807, 2.05) is 13.8 Å². The maximum Gasteiger partial charge on any atom is 0.312 e. The van der Waals surface area contributed by atoms with Crippen molar-refractivity contribution in [3.05, 3.63) is 27.4 Å². The zero-order valence-electron chi connectivity index (χ0n) is 9.86. The number of rotatable bonds is 5. The van der Waals surface area contributed by atoms with Gasteiger partial charge in [-0.2, -0.15) is 0 Å². The van der Waals surface area contributed by atoms with E-state index in [-0.39, 0.29) is 16.5 Å². The zero-order valence-corrected chi connectivity index (χ0v) is 10.6. The van der Waals surface area contributed by atoms with Gasteiger partial charge in [0.05, 0.1) is 22.1 Å². The molecule has 7 heteroatoms. The van der Waals surface area contributed by atoms with Gasteiger partial charge in [0.25, 0.3) is 0 Å². The zero-order chi connectivity index (χ0) is 13.1. The van der Waals surface area contributed by atoms with Crippen molar-refractivity contribution in [2.75, 3.05) is 19.0 Å². The number of hydrogen-bond donors (Lipinski definition) is 1. The lowest BCUT2D eigenvalue weighted by atomic mass is 10.1. The number of nitro groups is 1. The minimum Gasteiger partial charge on any atom is -0.382 e. The largest absolute Gasteiger partial charge is 0.382 e. The minimum atomic E-state index is -0.524. The molecule has 0 amide bonds. The fourth-order valence-electron chi connectivity index (χ4n) is 1.38. The first-order valence-electron chi connectivity index (χ1n) is 4.93. The van der Waals surface area contributed by atoms with E-state index in [1.165, 1.54) is 12.3 Å². The maximum absolute atomic E-state index is 10.9. The number of aromatic nitrogens is 1. The minimum absolute atomic E-state index is 0.151. The summed E-state index contributed by atoms with van der Waals surface area (Å²) in [4.78, 5) is 14.3. The molecular formula is C10H14ClN3O3. The number of nitrogens with zero attached hydrogens (tertiary/aromatic N) is 2. The topological polar surface area (TPSA) is 77.3 Å². The van der Waals surface area contributed by atoms with Gasteiger partial charge in [0.15, 0.2) is 0 Å². The fourth-order valence-corrected chi connectivity index (χ4v) is 1.53. The first-order valence-corrected chi connectivity index (χ1v) is 5.30. The molecule has 0 bridgehead atoms. The average molecular weight is 260 g/mol. The highest BCUT2D eigenvalue weighted by Gasteiger charge is 2.23. The first-order chi connectivity index (χ1) is 7.85. The van der Waals surface area contributed by atoms with Gasteiger partial charge >= 0.3 is 5.69 Å². The number of hydrogen-bond acceptors (Lipinski definition) is 5. The van der Waals surface area contributed by atoms with E-state index in [0.29, 0.717) is 6.61 Å². The van der Waals surface area contributed by atoms with Gasteiger partial charge in [0.2, 0.25) is 5.82 Å². The number of ether oxygens (including phenoxy) is 1. The predicted molar refractivity (Wildman–Crippen MR) is 65.5 cm³/mol. The molecule has 1 aromatic rings. The Bertz CT molecular complexity index is 423. The summed E-state index contributed by atoms with van der Waals surface area (Å²) >= 11 is 5.67. The summed E-state index contributed by atoms with van der Waals surface area (Å²) in [5.41, 5.74) is -0.609. The molecule has 0 aliphatic carbocycles. The molecule has 1 heterocycles.